The Bertz CT molecular complexity index is 149. The smallest absolute Gasteiger partial charge is 0.413 e. The molecule has 0 heterocycles. The molecule has 0 aromatic rings. The second kappa shape index (κ2) is 6.68. The third-order valence-corrected chi connectivity index (χ3v) is 1.43. The van der Waals surface area contributed by atoms with Crippen LogP contribution in [0.25, 0.3) is 0 Å². The Morgan fingerprint density at radius 3 is 2.31 bits per heavy atom. The summed E-state index contributed by atoms with van der Waals surface area (Å²) in [5.41, 5.74) is 0. The zero-order valence-electron chi connectivity index (χ0n) is 8.57. The molecule has 0 radical (unpaired) electrons. The number of amides is 1. The van der Waals surface area contributed by atoms with Crippen molar-refractivity contribution in [1.29, 1.82) is 0 Å². The average molecular weight is 191 g/mol. The van der Waals surface area contributed by atoms with E-state index in [9.17, 15) is 4.79 Å². The van der Waals surface area contributed by atoms with Crippen molar-refractivity contribution in [3.05, 3.63) is 0 Å². The van der Waals surface area contributed by atoms with Crippen molar-refractivity contribution >= 4 is 6.09 Å². The van der Waals surface area contributed by atoms with Gasteiger partial charge in [0, 0.05) is 20.3 Å². The quantitative estimate of drug-likeness (QED) is 0.609. The lowest BCUT2D eigenvalue weighted by Crippen LogP contribution is -2.39. The van der Waals surface area contributed by atoms with Gasteiger partial charge in [-0.3, -0.25) is 4.90 Å². The minimum absolute atomic E-state index is 0.0359. The SMILES string of the molecule is COCOC(=O)N(COC)C(C)C. The number of hydrogen-bond acceptors (Lipinski definition) is 4. The first-order valence-electron chi connectivity index (χ1n) is 4.04. The summed E-state index contributed by atoms with van der Waals surface area (Å²) in [5, 5.41) is 0. The Kier molecular flexibility index (Phi) is 6.26. The molecule has 0 saturated heterocycles. The highest BCUT2D eigenvalue weighted by Crippen LogP contribution is 2.01. The highest BCUT2D eigenvalue weighted by molar-refractivity contribution is 5.67. The van der Waals surface area contributed by atoms with Crippen LogP contribution < -0.4 is 0 Å². The predicted molar refractivity (Wildman–Crippen MR) is 47.2 cm³/mol. The highest BCUT2D eigenvalue weighted by Gasteiger charge is 2.17. The largest absolute Gasteiger partial charge is 0.422 e. The molecular weight excluding hydrogens is 174 g/mol. The lowest BCUT2D eigenvalue weighted by Gasteiger charge is -2.24. The fourth-order valence-electron chi connectivity index (χ4n) is 0.744. The van der Waals surface area contributed by atoms with Crippen LogP contribution in [0.1, 0.15) is 13.8 Å². The van der Waals surface area contributed by atoms with Gasteiger partial charge in [0.25, 0.3) is 0 Å². The Morgan fingerprint density at radius 1 is 1.31 bits per heavy atom. The van der Waals surface area contributed by atoms with Gasteiger partial charge >= 0.3 is 6.09 Å². The van der Waals surface area contributed by atoms with Gasteiger partial charge in [-0.2, -0.15) is 0 Å². The molecule has 1 amide bonds. The van der Waals surface area contributed by atoms with Gasteiger partial charge in [0.05, 0.1) is 0 Å². The maximum Gasteiger partial charge on any atom is 0.413 e. The summed E-state index contributed by atoms with van der Waals surface area (Å²) in [7, 11) is 2.99. The van der Waals surface area contributed by atoms with Gasteiger partial charge in [0.2, 0.25) is 0 Å². The van der Waals surface area contributed by atoms with Crippen LogP contribution in [0.3, 0.4) is 0 Å². The van der Waals surface area contributed by atoms with E-state index < -0.39 is 6.09 Å². The van der Waals surface area contributed by atoms with E-state index in [1.54, 1.807) is 0 Å². The molecule has 0 rings (SSSR count). The van der Waals surface area contributed by atoms with Crippen LogP contribution >= 0.6 is 0 Å². The number of methoxy groups -OCH3 is 2. The van der Waals surface area contributed by atoms with Gasteiger partial charge < -0.3 is 14.2 Å². The zero-order valence-corrected chi connectivity index (χ0v) is 8.57. The number of rotatable bonds is 5. The number of nitrogens with zero attached hydrogens (tertiary/aromatic N) is 1. The van der Waals surface area contributed by atoms with Crippen molar-refractivity contribution in [2.24, 2.45) is 0 Å². The van der Waals surface area contributed by atoms with E-state index >= 15 is 0 Å². The molecule has 13 heavy (non-hydrogen) atoms. The Balaban J connectivity index is 3.96. The van der Waals surface area contributed by atoms with Crippen LogP contribution in [-0.2, 0) is 14.2 Å². The van der Waals surface area contributed by atoms with Crippen LogP contribution in [0.4, 0.5) is 4.79 Å². The molecular formula is C8H17NO4. The first-order valence-corrected chi connectivity index (χ1v) is 4.04. The van der Waals surface area contributed by atoms with E-state index in [0.29, 0.717) is 0 Å². The van der Waals surface area contributed by atoms with Gasteiger partial charge in [0.15, 0.2) is 6.79 Å². The zero-order chi connectivity index (χ0) is 10.3. The first-order chi connectivity index (χ1) is 6.13. The summed E-state index contributed by atoms with van der Waals surface area (Å²) >= 11 is 0. The molecule has 0 aromatic heterocycles. The van der Waals surface area contributed by atoms with Crippen LogP contribution in [0.2, 0.25) is 0 Å². The molecule has 0 aromatic carbocycles. The van der Waals surface area contributed by atoms with E-state index in [1.807, 2.05) is 13.8 Å². The number of ether oxygens (including phenoxy) is 3. The Hall–Kier alpha value is -0.810. The van der Waals surface area contributed by atoms with Crippen molar-refractivity contribution in [3.63, 3.8) is 0 Å². The van der Waals surface area contributed by atoms with E-state index in [2.05, 4.69) is 4.74 Å². The Morgan fingerprint density at radius 2 is 1.92 bits per heavy atom. The third kappa shape index (κ3) is 4.69. The van der Waals surface area contributed by atoms with E-state index in [1.165, 1.54) is 19.1 Å². The second-order valence-corrected chi connectivity index (χ2v) is 2.80. The van der Waals surface area contributed by atoms with Gasteiger partial charge in [-0.1, -0.05) is 0 Å². The lowest BCUT2D eigenvalue weighted by atomic mass is 10.4. The van der Waals surface area contributed by atoms with Crippen LogP contribution in [-0.4, -0.2) is 44.8 Å². The fraction of sp³-hybridized carbons (Fsp3) is 0.875. The normalized spacial score (nSPS) is 10.2. The molecule has 0 saturated carbocycles. The molecule has 0 bridgehead atoms. The van der Waals surface area contributed by atoms with Crippen LogP contribution in [0.5, 0.6) is 0 Å². The topological polar surface area (TPSA) is 48.0 Å². The molecule has 0 atom stereocenters. The van der Waals surface area contributed by atoms with Crippen molar-refractivity contribution in [2.75, 3.05) is 27.7 Å². The molecule has 5 heteroatoms. The van der Waals surface area contributed by atoms with Crippen molar-refractivity contribution < 1.29 is 19.0 Å². The Labute approximate surface area is 78.6 Å². The summed E-state index contributed by atoms with van der Waals surface area (Å²) in [4.78, 5) is 12.7. The summed E-state index contributed by atoms with van der Waals surface area (Å²) in [6.07, 6.45) is -0.432. The molecule has 0 spiro atoms. The molecule has 0 unspecified atom stereocenters. The first kappa shape index (κ1) is 12.2. The van der Waals surface area contributed by atoms with Crippen molar-refractivity contribution in [1.82, 2.24) is 4.90 Å². The third-order valence-electron chi connectivity index (χ3n) is 1.43. The monoisotopic (exact) mass is 191 g/mol. The predicted octanol–water partition coefficient (Wildman–Crippen LogP) is 1.04. The number of carbonyl (C=O) groups is 1. The number of carbonyl (C=O) groups excluding carboxylic acids is 1. The number of hydrogen-bond donors (Lipinski definition) is 0. The minimum atomic E-state index is -0.432. The summed E-state index contributed by atoms with van der Waals surface area (Å²) < 4.78 is 14.2. The minimum Gasteiger partial charge on any atom is -0.422 e. The average Bonchev–Trinajstić information content (AvgIpc) is 2.09. The molecule has 78 valence electrons. The van der Waals surface area contributed by atoms with Gasteiger partial charge in [-0.05, 0) is 13.8 Å². The standard InChI is InChI=1S/C8H17NO4/c1-7(2)9(5-11-3)8(10)13-6-12-4/h7H,5-6H2,1-4H3. The van der Waals surface area contributed by atoms with E-state index in [-0.39, 0.29) is 19.6 Å². The fourth-order valence-corrected chi connectivity index (χ4v) is 0.744. The molecule has 0 aliphatic heterocycles. The van der Waals surface area contributed by atoms with Gasteiger partial charge in [-0.15, -0.1) is 0 Å². The molecule has 0 N–H and O–H groups in total. The summed E-state index contributed by atoms with van der Waals surface area (Å²) in [6.45, 7) is 3.95. The summed E-state index contributed by atoms with van der Waals surface area (Å²) in [5.74, 6) is 0. The van der Waals surface area contributed by atoms with Crippen LogP contribution in [0.15, 0.2) is 0 Å². The molecule has 0 aliphatic rings. The highest BCUT2D eigenvalue weighted by atomic mass is 16.7. The van der Waals surface area contributed by atoms with Crippen molar-refractivity contribution in [3.8, 4) is 0 Å². The van der Waals surface area contributed by atoms with E-state index in [4.69, 9.17) is 9.47 Å². The summed E-state index contributed by atoms with van der Waals surface area (Å²) in [6, 6.07) is 0.0457. The second-order valence-electron chi connectivity index (χ2n) is 2.80. The van der Waals surface area contributed by atoms with Gasteiger partial charge in [-0.25, -0.2) is 4.79 Å². The van der Waals surface area contributed by atoms with Gasteiger partial charge in [0.1, 0.15) is 6.73 Å². The van der Waals surface area contributed by atoms with Crippen molar-refractivity contribution in [2.45, 2.75) is 19.9 Å². The maximum atomic E-state index is 11.3. The maximum absolute atomic E-state index is 11.3. The lowest BCUT2D eigenvalue weighted by molar-refractivity contribution is -0.0269. The molecule has 0 fully saturated rings. The molecule has 5 nitrogen and oxygen atoms in total. The molecule has 0 aliphatic carbocycles. The van der Waals surface area contributed by atoms with Crippen LogP contribution in [0, 0.1) is 0 Å². The van der Waals surface area contributed by atoms with E-state index in [0.717, 1.165) is 0 Å².